The average Bonchev–Trinajstić information content (AvgIpc) is 2.70. The van der Waals surface area contributed by atoms with Crippen LogP contribution in [0.1, 0.15) is 17.5 Å². The van der Waals surface area contributed by atoms with Crippen LogP contribution in [-0.4, -0.2) is 32.4 Å². The second kappa shape index (κ2) is 11.2. The van der Waals surface area contributed by atoms with E-state index in [-0.39, 0.29) is 23.6 Å². The second-order valence-electron chi connectivity index (χ2n) is 5.95. The fourth-order valence-electron chi connectivity index (χ4n) is 2.55. The number of ether oxygens (including phenoxy) is 4. The highest BCUT2D eigenvalue weighted by Gasteiger charge is 2.30. The van der Waals surface area contributed by atoms with Crippen molar-refractivity contribution in [3.8, 4) is 23.1 Å². The molecule has 1 aromatic heterocycles. The van der Waals surface area contributed by atoms with Crippen molar-refractivity contribution in [3.63, 3.8) is 0 Å². The zero-order valence-electron chi connectivity index (χ0n) is 16.3. The number of pyridine rings is 1. The van der Waals surface area contributed by atoms with Gasteiger partial charge in [0.15, 0.2) is 0 Å². The van der Waals surface area contributed by atoms with Crippen molar-refractivity contribution in [2.75, 3.05) is 27.4 Å². The van der Waals surface area contributed by atoms with Crippen molar-refractivity contribution in [1.29, 1.82) is 0 Å². The summed E-state index contributed by atoms with van der Waals surface area (Å²) in [6, 6.07) is 5.55. The molecule has 164 valence electrons. The molecule has 0 spiro atoms. The van der Waals surface area contributed by atoms with Gasteiger partial charge in [0.05, 0.1) is 26.4 Å². The molecule has 0 aliphatic carbocycles. The third-order valence-electron chi connectivity index (χ3n) is 3.95. The van der Waals surface area contributed by atoms with E-state index in [4.69, 9.17) is 42.1 Å². The van der Waals surface area contributed by atoms with Crippen LogP contribution in [0.4, 0.5) is 13.2 Å². The highest BCUT2D eigenvalue weighted by molar-refractivity contribution is 6.55. The van der Waals surface area contributed by atoms with Gasteiger partial charge in [0.25, 0.3) is 0 Å². The molecule has 10 heteroatoms. The molecule has 2 rings (SSSR count). The van der Waals surface area contributed by atoms with Crippen LogP contribution >= 0.6 is 23.2 Å². The monoisotopic (exact) mass is 465 g/mol. The lowest BCUT2D eigenvalue weighted by molar-refractivity contribution is -0.137. The first-order chi connectivity index (χ1) is 14.2. The highest BCUT2D eigenvalue weighted by Crippen LogP contribution is 2.35. The third-order valence-corrected chi connectivity index (χ3v) is 4.26. The molecule has 30 heavy (non-hydrogen) atoms. The Morgan fingerprint density at radius 3 is 2.23 bits per heavy atom. The van der Waals surface area contributed by atoms with E-state index in [1.807, 2.05) is 0 Å². The van der Waals surface area contributed by atoms with Gasteiger partial charge < -0.3 is 18.9 Å². The molecule has 0 bridgehead atoms. The minimum absolute atomic E-state index is 0.105. The zero-order valence-corrected chi connectivity index (χ0v) is 17.8. The van der Waals surface area contributed by atoms with Gasteiger partial charge in [-0.05, 0) is 25.0 Å². The smallest absolute Gasteiger partial charge is 0.417 e. The fraction of sp³-hybridized carbons (Fsp3) is 0.350. The van der Waals surface area contributed by atoms with Gasteiger partial charge in [0, 0.05) is 30.0 Å². The molecule has 0 unspecified atom stereocenters. The first-order valence-corrected chi connectivity index (χ1v) is 9.55. The van der Waals surface area contributed by atoms with E-state index in [1.165, 1.54) is 26.4 Å². The van der Waals surface area contributed by atoms with Crippen LogP contribution in [-0.2, 0) is 12.6 Å². The minimum Gasteiger partial charge on any atom is -0.496 e. The van der Waals surface area contributed by atoms with E-state index in [0.717, 1.165) is 17.8 Å². The van der Waals surface area contributed by atoms with E-state index >= 15 is 0 Å². The van der Waals surface area contributed by atoms with Gasteiger partial charge in [-0.15, -0.1) is 0 Å². The Bertz CT molecular complexity index is 829. The Morgan fingerprint density at radius 1 is 1.07 bits per heavy atom. The van der Waals surface area contributed by atoms with E-state index in [1.54, 1.807) is 12.1 Å². The molecule has 0 fully saturated rings. The fourth-order valence-corrected chi connectivity index (χ4v) is 2.68. The SMILES string of the molecule is COc1cc(OCC=C(Cl)Cl)cc(OC)c1CCCOc1ccc(C(F)(F)F)cn1. The quantitative estimate of drug-likeness (QED) is 0.413. The molecule has 0 aliphatic rings. The standard InChI is InChI=1S/C20H20Cl2F3NO4/c1-27-16-10-14(29-9-7-18(21)22)11-17(28-2)15(16)4-3-8-30-19-6-5-13(12-26-19)20(23,24)25/h5-7,10-12H,3-4,8-9H2,1-2H3. The summed E-state index contributed by atoms with van der Waals surface area (Å²) in [4.78, 5) is 3.68. The summed E-state index contributed by atoms with van der Waals surface area (Å²) in [7, 11) is 3.06. The number of hydrogen-bond acceptors (Lipinski definition) is 5. The summed E-state index contributed by atoms with van der Waals surface area (Å²) in [6.07, 6.45) is -1.09. The first kappa shape index (κ1) is 24.0. The van der Waals surface area contributed by atoms with Gasteiger partial charge in [0.1, 0.15) is 28.3 Å². The maximum Gasteiger partial charge on any atom is 0.417 e. The van der Waals surface area contributed by atoms with Gasteiger partial charge in [-0.3, -0.25) is 0 Å². The predicted octanol–water partition coefficient (Wildman–Crippen LogP) is 5.83. The van der Waals surface area contributed by atoms with Crippen LogP contribution in [0.25, 0.3) is 0 Å². The molecule has 1 heterocycles. The second-order valence-corrected chi connectivity index (χ2v) is 6.95. The van der Waals surface area contributed by atoms with Crippen LogP contribution in [0.15, 0.2) is 41.0 Å². The molecule has 0 N–H and O–H groups in total. The number of nitrogens with zero attached hydrogens (tertiary/aromatic N) is 1. The van der Waals surface area contributed by atoms with Crippen molar-refractivity contribution in [2.45, 2.75) is 19.0 Å². The van der Waals surface area contributed by atoms with Crippen molar-refractivity contribution in [3.05, 3.63) is 52.2 Å². The Labute approximate surface area is 182 Å². The number of halogens is 5. The summed E-state index contributed by atoms with van der Waals surface area (Å²) in [6.45, 7) is 0.434. The Kier molecular flexibility index (Phi) is 8.92. The summed E-state index contributed by atoms with van der Waals surface area (Å²) >= 11 is 11.1. The summed E-state index contributed by atoms with van der Waals surface area (Å²) < 4.78 is 59.6. The molecule has 5 nitrogen and oxygen atoms in total. The number of rotatable bonds is 10. The first-order valence-electron chi connectivity index (χ1n) is 8.79. The summed E-state index contributed by atoms with van der Waals surface area (Å²) in [5.41, 5.74) is -0.0160. The van der Waals surface area contributed by atoms with Crippen LogP contribution in [0.5, 0.6) is 23.1 Å². The summed E-state index contributed by atoms with van der Waals surface area (Å²) in [5.74, 6) is 1.77. The van der Waals surface area contributed by atoms with Gasteiger partial charge >= 0.3 is 6.18 Å². The Hall–Kier alpha value is -2.32. The molecular weight excluding hydrogens is 446 g/mol. The number of methoxy groups -OCH3 is 2. The van der Waals surface area contributed by atoms with Gasteiger partial charge in [-0.2, -0.15) is 13.2 Å². The number of aromatic nitrogens is 1. The van der Waals surface area contributed by atoms with E-state index in [9.17, 15) is 13.2 Å². The van der Waals surface area contributed by atoms with E-state index in [0.29, 0.717) is 30.1 Å². The molecule has 0 saturated carbocycles. The van der Waals surface area contributed by atoms with Crippen molar-refractivity contribution < 1.29 is 32.1 Å². The number of alkyl halides is 3. The van der Waals surface area contributed by atoms with Crippen LogP contribution < -0.4 is 18.9 Å². The zero-order chi connectivity index (χ0) is 22.1. The predicted molar refractivity (Wildman–Crippen MR) is 108 cm³/mol. The van der Waals surface area contributed by atoms with E-state index in [2.05, 4.69) is 4.98 Å². The Balaban J connectivity index is 1.97. The van der Waals surface area contributed by atoms with E-state index < -0.39 is 11.7 Å². The number of benzene rings is 1. The molecule has 1 aromatic carbocycles. The molecule has 0 saturated heterocycles. The molecule has 0 aliphatic heterocycles. The van der Waals surface area contributed by atoms with Gasteiger partial charge in [-0.1, -0.05) is 23.2 Å². The summed E-state index contributed by atoms with van der Waals surface area (Å²) in [5, 5.41) is 0. The van der Waals surface area contributed by atoms with Gasteiger partial charge in [0.2, 0.25) is 5.88 Å². The van der Waals surface area contributed by atoms with Crippen molar-refractivity contribution in [2.24, 2.45) is 0 Å². The highest BCUT2D eigenvalue weighted by atomic mass is 35.5. The minimum atomic E-state index is -4.43. The lowest BCUT2D eigenvalue weighted by atomic mass is 10.1. The Morgan fingerprint density at radius 2 is 1.73 bits per heavy atom. The maximum atomic E-state index is 12.6. The molecule has 0 radical (unpaired) electrons. The largest absolute Gasteiger partial charge is 0.496 e. The van der Waals surface area contributed by atoms with Crippen LogP contribution in [0, 0.1) is 0 Å². The lowest BCUT2D eigenvalue weighted by Gasteiger charge is -2.16. The van der Waals surface area contributed by atoms with Crippen LogP contribution in [0.2, 0.25) is 0 Å². The van der Waals surface area contributed by atoms with Gasteiger partial charge in [-0.25, -0.2) is 4.98 Å². The molecule has 0 amide bonds. The normalized spacial score (nSPS) is 11.0. The number of hydrogen-bond donors (Lipinski definition) is 0. The molecular formula is C20H20Cl2F3NO4. The maximum absolute atomic E-state index is 12.6. The van der Waals surface area contributed by atoms with Crippen LogP contribution in [0.3, 0.4) is 0 Å². The average molecular weight is 466 g/mol. The molecule has 0 atom stereocenters. The topological polar surface area (TPSA) is 49.8 Å². The lowest BCUT2D eigenvalue weighted by Crippen LogP contribution is -2.07. The third kappa shape index (κ3) is 7.18. The van der Waals surface area contributed by atoms with Crippen molar-refractivity contribution >= 4 is 23.2 Å². The molecule has 2 aromatic rings. The van der Waals surface area contributed by atoms with Crippen molar-refractivity contribution in [1.82, 2.24) is 4.98 Å².